The zero-order valence-electron chi connectivity index (χ0n) is 15.1. The Morgan fingerprint density at radius 2 is 1.76 bits per heavy atom. The highest BCUT2D eigenvalue weighted by Crippen LogP contribution is 2.30. The van der Waals surface area contributed by atoms with Gasteiger partial charge in [0.1, 0.15) is 5.69 Å². The lowest BCUT2D eigenvalue weighted by Gasteiger charge is -2.15. The fourth-order valence-corrected chi connectivity index (χ4v) is 4.43. The van der Waals surface area contributed by atoms with Crippen LogP contribution >= 0.6 is 0 Å². The standard InChI is InChI=1S/C17H17N5O6S/c23-21(24)14-5-3-4-13(10-14)12-18-19-16-7-6-15(11-17(16)22(25)26)29(27,28)20-8-1-2-9-20/h3-7,10-12,19H,1-2,8-9H2. The predicted octanol–water partition coefficient (Wildman–Crippen LogP) is 2.73. The highest BCUT2D eigenvalue weighted by molar-refractivity contribution is 7.89. The Kier molecular flexibility index (Phi) is 5.84. The molecular formula is C17H17N5O6S. The summed E-state index contributed by atoms with van der Waals surface area (Å²) in [5.41, 5.74) is 2.35. The molecule has 0 aromatic heterocycles. The Morgan fingerprint density at radius 3 is 2.41 bits per heavy atom. The molecule has 0 bridgehead atoms. The second-order valence-electron chi connectivity index (χ2n) is 6.27. The van der Waals surface area contributed by atoms with E-state index in [0.29, 0.717) is 18.7 Å². The molecule has 0 amide bonds. The van der Waals surface area contributed by atoms with Crippen molar-refractivity contribution in [2.45, 2.75) is 17.7 Å². The number of nitro groups is 2. The molecule has 0 aliphatic carbocycles. The molecule has 1 aliphatic heterocycles. The fourth-order valence-electron chi connectivity index (χ4n) is 2.89. The summed E-state index contributed by atoms with van der Waals surface area (Å²) in [5, 5.41) is 26.1. The smallest absolute Gasteiger partial charge is 0.272 e. The number of sulfonamides is 1. The van der Waals surface area contributed by atoms with E-state index in [4.69, 9.17) is 0 Å². The van der Waals surface area contributed by atoms with Crippen molar-refractivity contribution in [3.63, 3.8) is 0 Å². The van der Waals surface area contributed by atoms with Crippen LogP contribution in [0.5, 0.6) is 0 Å². The van der Waals surface area contributed by atoms with E-state index in [1.165, 1.54) is 40.9 Å². The van der Waals surface area contributed by atoms with E-state index >= 15 is 0 Å². The number of anilines is 1. The average Bonchev–Trinajstić information content (AvgIpc) is 3.24. The zero-order valence-corrected chi connectivity index (χ0v) is 15.9. The first-order valence-electron chi connectivity index (χ1n) is 8.61. The van der Waals surface area contributed by atoms with Crippen LogP contribution in [0, 0.1) is 20.2 Å². The lowest BCUT2D eigenvalue weighted by molar-refractivity contribution is -0.384. The second kappa shape index (κ2) is 8.32. The number of hydrogen-bond donors (Lipinski definition) is 1. The van der Waals surface area contributed by atoms with Gasteiger partial charge in [0.05, 0.1) is 21.0 Å². The Balaban J connectivity index is 1.83. The number of hydrogen-bond acceptors (Lipinski definition) is 8. The van der Waals surface area contributed by atoms with Gasteiger partial charge in [0.2, 0.25) is 10.0 Å². The number of nitro benzene ring substituents is 2. The van der Waals surface area contributed by atoms with Gasteiger partial charge in [-0.05, 0) is 25.0 Å². The van der Waals surface area contributed by atoms with Gasteiger partial charge in [0.15, 0.2) is 0 Å². The van der Waals surface area contributed by atoms with E-state index in [1.807, 2.05) is 0 Å². The molecule has 1 aliphatic rings. The molecule has 0 saturated carbocycles. The molecule has 12 heteroatoms. The number of nitrogens with zero attached hydrogens (tertiary/aromatic N) is 4. The van der Waals surface area contributed by atoms with Gasteiger partial charge in [0, 0.05) is 36.9 Å². The summed E-state index contributed by atoms with van der Waals surface area (Å²) in [5.74, 6) is 0. The molecule has 1 heterocycles. The summed E-state index contributed by atoms with van der Waals surface area (Å²) >= 11 is 0. The zero-order chi connectivity index (χ0) is 21.0. The second-order valence-corrected chi connectivity index (χ2v) is 8.21. The minimum Gasteiger partial charge on any atom is -0.272 e. The van der Waals surface area contributed by atoms with Crippen molar-refractivity contribution in [1.29, 1.82) is 0 Å². The normalized spacial score (nSPS) is 14.9. The van der Waals surface area contributed by atoms with Crippen LogP contribution < -0.4 is 5.43 Å². The third-order valence-electron chi connectivity index (χ3n) is 4.35. The number of nitrogens with one attached hydrogen (secondary N) is 1. The SMILES string of the molecule is O=[N+]([O-])c1cccc(C=NNc2ccc(S(=O)(=O)N3CCCC3)cc2[N+](=O)[O-])c1. The predicted molar refractivity (Wildman–Crippen MR) is 105 cm³/mol. The van der Waals surface area contributed by atoms with Crippen LogP contribution in [0.1, 0.15) is 18.4 Å². The third kappa shape index (κ3) is 4.55. The van der Waals surface area contributed by atoms with E-state index in [0.717, 1.165) is 18.9 Å². The lowest BCUT2D eigenvalue weighted by atomic mass is 10.2. The average molecular weight is 419 g/mol. The Bertz CT molecular complexity index is 1080. The minimum absolute atomic E-state index is 0.00273. The Hall–Kier alpha value is -3.38. The van der Waals surface area contributed by atoms with Gasteiger partial charge in [-0.1, -0.05) is 12.1 Å². The Labute approximate surface area is 166 Å². The topological polar surface area (TPSA) is 148 Å². The molecular weight excluding hydrogens is 402 g/mol. The summed E-state index contributed by atoms with van der Waals surface area (Å²) in [6.07, 6.45) is 2.78. The first kappa shape index (κ1) is 20.4. The van der Waals surface area contributed by atoms with Crippen molar-refractivity contribution in [1.82, 2.24) is 4.31 Å². The number of rotatable bonds is 7. The summed E-state index contributed by atoms with van der Waals surface area (Å²) in [6, 6.07) is 9.25. The van der Waals surface area contributed by atoms with Gasteiger partial charge in [-0.2, -0.15) is 9.41 Å². The van der Waals surface area contributed by atoms with Crippen molar-refractivity contribution in [3.05, 3.63) is 68.3 Å². The van der Waals surface area contributed by atoms with Crippen LogP contribution in [0.2, 0.25) is 0 Å². The van der Waals surface area contributed by atoms with Crippen LogP contribution in [-0.4, -0.2) is 41.9 Å². The molecule has 0 spiro atoms. The van der Waals surface area contributed by atoms with Gasteiger partial charge >= 0.3 is 0 Å². The van der Waals surface area contributed by atoms with Crippen LogP contribution in [-0.2, 0) is 10.0 Å². The lowest BCUT2D eigenvalue weighted by Crippen LogP contribution is -2.27. The van der Waals surface area contributed by atoms with E-state index in [1.54, 1.807) is 6.07 Å². The maximum atomic E-state index is 12.6. The fraction of sp³-hybridized carbons (Fsp3) is 0.235. The first-order chi connectivity index (χ1) is 13.8. The monoisotopic (exact) mass is 419 g/mol. The number of benzene rings is 2. The van der Waals surface area contributed by atoms with E-state index < -0.39 is 25.6 Å². The molecule has 1 saturated heterocycles. The van der Waals surface area contributed by atoms with E-state index in [-0.39, 0.29) is 16.3 Å². The molecule has 2 aromatic rings. The van der Waals surface area contributed by atoms with Crippen LogP contribution in [0.15, 0.2) is 52.5 Å². The molecule has 0 atom stereocenters. The molecule has 1 N–H and O–H groups in total. The van der Waals surface area contributed by atoms with E-state index in [2.05, 4.69) is 10.5 Å². The highest BCUT2D eigenvalue weighted by atomic mass is 32.2. The van der Waals surface area contributed by atoms with Crippen LogP contribution in [0.3, 0.4) is 0 Å². The molecule has 1 fully saturated rings. The van der Waals surface area contributed by atoms with Gasteiger partial charge in [-0.3, -0.25) is 25.7 Å². The minimum atomic E-state index is -3.79. The molecule has 11 nitrogen and oxygen atoms in total. The molecule has 0 radical (unpaired) electrons. The van der Waals surface area contributed by atoms with Crippen LogP contribution in [0.25, 0.3) is 0 Å². The van der Waals surface area contributed by atoms with Crippen molar-refractivity contribution >= 4 is 33.3 Å². The molecule has 29 heavy (non-hydrogen) atoms. The Morgan fingerprint density at radius 1 is 1.03 bits per heavy atom. The summed E-state index contributed by atoms with van der Waals surface area (Å²) in [7, 11) is -3.79. The van der Waals surface area contributed by atoms with E-state index in [9.17, 15) is 28.6 Å². The molecule has 0 unspecified atom stereocenters. The van der Waals surface area contributed by atoms with Gasteiger partial charge in [-0.25, -0.2) is 8.42 Å². The van der Waals surface area contributed by atoms with Gasteiger partial charge in [0.25, 0.3) is 11.4 Å². The quantitative estimate of drug-likeness (QED) is 0.412. The number of hydrazone groups is 1. The first-order valence-corrected chi connectivity index (χ1v) is 10.0. The summed E-state index contributed by atoms with van der Waals surface area (Å²) in [6.45, 7) is 0.785. The highest BCUT2D eigenvalue weighted by Gasteiger charge is 2.29. The number of non-ortho nitro benzene ring substituents is 1. The molecule has 2 aromatic carbocycles. The summed E-state index contributed by atoms with van der Waals surface area (Å²) in [4.78, 5) is 20.8. The van der Waals surface area contributed by atoms with Crippen LogP contribution in [0.4, 0.5) is 17.1 Å². The largest absolute Gasteiger partial charge is 0.295 e. The van der Waals surface area contributed by atoms with Gasteiger partial charge in [-0.15, -0.1) is 0 Å². The van der Waals surface area contributed by atoms with Crippen molar-refractivity contribution < 1.29 is 18.3 Å². The molecule has 3 rings (SSSR count). The van der Waals surface area contributed by atoms with Crippen molar-refractivity contribution in [2.75, 3.05) is 18.5 Å². The van der Waals surface area contributed by atoms with Crippen molar-refractivity contribution in [2.24, 2.45) is 5.10 Å². The molecule has 152 valence electrons. The third-order valence-corrected chi connectivity index (χ3v) is 6.24. The maximum Gasteiger partial charge on any atom is 0.295 e. The summed E-state index contributed by atoms with van der Waals surface area (Å²) < 4.78 is 26.5. The van der Waals surface area contributed by atoms with Gasteiger partial charge < -0.3 is 0 Å². The van der Waals surface area contributed by atoms with Crippen molar-refractivity contribution in [3.8, 4) is 0 Å². The maximum absolute atomic E-state index is 12.6.